The standard InChI is InChI=1S/C15H32N2/c1-6-17(14-7-8-14)15(11-16,9-12(2)3)10-13(4)5/h12-14H,6-11,16H2,1-5H3. The summed E-state index contributed by atoms with van der Waals surface area (Å²) in [6, 6.07) is 0.820. The first-order chi connectivity index (χ1) is 7.95. The summed E-state index contributed by atoms with van der Waals surface area (Å²) in [5, 5.41) is 0. The monoisotopic (exact) mass is 240 g/mol. The van der Waals surface area contributed by atoms with Crippen LogP contribution in [0.25, 0.3) is 0 Å². The van der Waals surface area contributed by atoms with Crippen LogP contribution >= 0.6 is 0 Å². The van der Waals surface area contributed by atoms with Crippen molar-refractivity contribution >= 4 is 0 Å². The summed E-state index contributed by atoms with van der Waals surface area (Å²) < 4.78 is 0. The third-order valence-corrected chi connectivity index (χ3v) is 3.89. The van der Waals surface area contributed by atoms with Crippen LogP contribution in [0.1, 0.15) is 60.3 Å². The number of rotatable bonds is 8. The molecule has 0 atom stereocenters. The molecule has 0 radical (unpaired) electrons. The Labute approximate surface area is 108 Å². The second-order valence-electron chi connectivity index (χ2n) is 6.64. The highest BCUT2D eigenvalue weighted by molar-refractivity contribution is 4.99. The van der Waals surface area contributed by atoms with Crippen molar-refractivity contribution in [3.63, 3.8) is 0 Å². The molecule has 0 bridgehead atoms. The van der Waals surface area contributed by atoms with Gasteiger partial charge in [-0.2, -0.15) is 0 Å². The lowest BCUT2D eigenvalue weighted by molar-refractivity contribution is 0.0504. The molecule has 2 nitrogen and oxygen atoms in total. The van der Waals surface area contributed by atoms with Crippen LogP contribution in [0.15, 0.2) is 0 Å². The van der Waals surface area contributed by atoms with Gasteiger partial charge in [-0.15, -0.1) is 0 Å². The second-order valence-corrected chi connectivity index (χ2v) is 6.64. The molecule has 0 unspecified atom stereocenters. The topological polar surface area (TPSA) is 29.3 Å². The van der Waals surface area contributed by atoms with Gasteiger partial charge in [0.2, 0.25) is 0 Å². The minimum Gasteiger partial charge on any atom is -0.329 e. The van der Waals surface area contributed by atoms with E-state index in [4.69, 9.17) is 5.73 Å². The maximum Gasteiger partial charge on any atom is 0.0339 e. The molecule has 0 aromatic rings. The summed E-state index contributed by atoms with van der Waals surface area (Å²) in [5.41, 5.74) is 6.45. The van der Waals surface area contributed by atoms with Crippen LogP contribution < -0.4 is 5.73 Å². The fourth-order valence-corrected chi connectivity index (χ4v) is 3.49. The number of nitrogens with two attached hydrogens (primary N) is 1. The van der Waals surface area contributed by atoms with Crippen molar-refractivity contribution in [3.8, 4) is 0 Å². The predicted molar refractivity (Wildman–Crippen MR) is 76.1 cm³/mol. The van der Waals surface area contributed by atoms with E-state index in [0.29, 0.717) is 0 Å². The molecule has 17 heavy (non-hydrogen) atoms. The number of hydrogen-bond acceptors (Lipinski definition) is 2. The van der Waals surface area contributed by atoms with Gasteiger partial charge in [0.25, 0.3) is 0 Å². The molecule has 102 valence electrons. The van der Waals surface area contributed by atoms with Gasteiger partial charge >= 0.3 is 0 Å². The Balaban J connectivity index is 2.86. The van der Waals surface area contributed by atoms with Crippen molar-refractivity contribution < 1.29 is 0 Å². The summed E-state index contributed by atoms with van der Waals surface area (Å²) in [7, 11) is 0. The molecule has 2 heteroatoms. The van der Waals surface area contributed by atoms with Crippen LogP contribution in [0, 0.1) is 11.8 Å². The van der Waals surface area contributed by atoms with Crippen LogP contribution in [-0.2, 0) is 0 Å². The number of nitrogens with zero attached hydrogens (tertiary/aromatic N) is 1. The summed E-state index contributed by atoms with van der Waals surface area (Å²) in [6.45, 7) is 13.6. The summed E-state index contributed by atoms with van der Waals surface area (Å²) >= 11 is 0. The lowest BCUT2D eigenvalue weighted by Gasteiger charge is -2.46. The third-order valence-electron chi connectivity index (χ3n) is 3.89. The molecule has 0 heterocycles. The van der Waals surface area contributed by atoms with Gasteiger partial charge in [-0.3, -0.25) is 4.90 Å². The Morgan fingerprint density at radius 2 is 1.59 bits per heavy atom. The molecule has 0 spiro atoms. The van der Waals surface area contributed by atoms with Crippen molar-refractivity contribution in [2.75, 3.05) is 13.1 Å². The lowest BCUT2D eigenvalue weighted by Crippen LogP contribution is -2.56. The van der Waals surface area contributed by atoms with Crippen molar-refractivity contribution in [3.05, 3.63) is 0 Å². The van der Waals surface area contributed by atoms with E-state index in [0.717, 1.165) is 31.0 Å². The first-order valence-corrected chi connectivity index (χ1v) is 7.42. The molecule has 0 amide bonds. The summed E-state index contributed by atoms with van der Waals surface area (Å²) in [5.74, 6) is 1.45. The predicted octanol–water partition coefficient (Wildman–Crippen LogP) is 3.26. The Morgan fingerprint density at radius 1 is 1.12 bits per heavy atom. The quantitative estimate of drug-likeness (QED) is 0.705. The minimum absolute atomic E-state index is 0.248. The Kier molecular flexibility index (Phi) is 5.46. The van der Waals surface area contributed by atoms with Gasteiger partial charge in [-0.1, -0.05) is 34.6 Å². The van der Waals surface area contributed by atoms with Gasteiger partial charge in [-0.05, 0) is 44.1 Å². The molecule has 1 saturated carbocycles. The number of likely N-dealkylation sites (N-methyl/N-ethyl adjacent to an activating group) is 1. The molecule has 0 saturated heterocycles. The SMILES string of the molecule is CCN(C1CC1)C(CN)(CC(C)C)CC(C)C. The van der Waals surface area contributed by atoms with Gasteiger partial charge in [0, 0.05) is 18.1 Å². The molecule has 1 rings (SSSR count). The van der Waals surface area contributed by atoms with Gasteiger partial charge in [0.1, 0.15) is 0 Å². The fourth-order valence-electron chi connectivity index (χ4n) is 3.49. The second kappa shape index (κ2) is 6.19. The normalized spacial score (nSPS) is 17.5. The van der Waals surface area contributed by atoms with Gasteiger partial charge in [0.15, 0.2) is 0 Å². The Morgan fingerprint density at radius 3 is 1.82 bits per heavy atom. The lowest BCUT2D eigenvalue weighted by atomic mass is 9.80. The maximum atomic E-state index is 6.20. The van der Waals surface area contributed by atoms with Crippen LogP contribution in [-0.4, -0.2) is 29.6 Å². The fraction of sp³-hybridized carbons (Fsp3) is 1.00. The van der Waals surface area contributed by atoms with Crippen molar-refractivity contribution in [1.29, 1.82) is 0 Å². The molecular weight excluding hydrogens is 208 g/mol. The molecule has 2 N–H and O–H groups in total. The van der Waals surface area contributed by atoms with Crippen LogP contribution in [0.3, 0.4) is 0 Å². The zero-order valence-electron chi connectivity index (χ0n) is 12.5. The molecule has 1 aliphatic carbocycles. The highest BCUT2D eigenvalue weighted by Gasteiger charge is 2.42. The first kappa shape index (κ1) is 15.0. The minimum atomic E-state index is 0.248. The average Bonchev–Trinajstić information content (AvgIpc) is 3.00. The Bertz CT molecular complexity index is 209. The zero-order valence-corrected chi connectivity index (χ0v) is 12.5. The summed E-state index contributed by atoms with van der Waals surface area (Å²) in [6.07, 6.45) is 5.25. The maximum absolute atomic E-state index is 6.20. The van der Waals surface area contributed by atoms with E-state index in [-0.39, 0.29) is 5.54 Å². The van der Waals surface area contributed by atoms with E-state index in [1.54, 1.807) is 0 Å². The van der Waals surface area contributed by atoms with E-state index in [9.17, 15) is 0 Å². The molecule has 0 aliphatic heterocycles. The average molecular weight is 240 g/mol. The Hall–Kier alpha value is -0.0800. The van der Waals surface area contributed by atoms with E-state index < -0.39 is 0 Å². The molecule has 0 aromatic heterocycles. The largest absolute Gasteiger partial charge is 0.329 e. The molecule has 1 fully saturated rings. The van der Waals surface area contributed by atoms with E-state index >= 15 is 0 Å². The van der Waals surface area contributed by atoms with Crippen LogP contribution in [0.2, 0.25) is 0 Å². The van der Waals surface area contributed by atoms with Crippen LogP contribution in [0.5, 0.6) is 0 Å². The molecular formula is C15H32N2. The zero-order chi connectivity index (χ0) is 13.1. The van der Waals surface area contributed by atoms with Crippen molar-refractivity contribution in [1.82, 2.24) is 4.90 Å². The van der Waals surface area contributed by atoms with Crippen molar-refractivity contribution in [2.45, 2.75) is 71.9 Å². The van der Waals surface area contributed by atoms with Crippen LogP contribution in [0.4, 0.5) is 0 Å². The molecule has 0 aromatic carbocycles. The number of hydrogen-bond donors (Lipinski definition) is 1. The van der Waals surface area contributed by atoms with E-state index in [1.807, 2.05) is 0 Å². The first-order valence-electron chi connectivity index (χ1n) is 7.42. The highest BCUT2D eigenvalue weighted by atomic mass is 15.3. The smallest absolute Gasteiger partial charge is 0.0339 e. The van der Waals surface area contributed by atoms with E-state index in [1.165, 1.54) is 25.7 Å². The van der Waals surface area contributed by atoms with E-state index in [2.05, 4.69) is 39.5 Å². The third kappa shape index (κ3) is 3.96. The van der Waals surface area contributed by atoms with Crippen molar-refractivity contribution in [2.24, 2.45) is 17.6 Å². The summed E-state index contributed by atoms with van der Waals surface area (Å²) in [4.78, 5) is 2.72. The highest BCUT2D eigenvalue weighted by Crippen LogP contribution is 2.38. The molecule has 1 aliphatic rings. The van der Waals surface area contributed by atoms with Gasteiger partial charge in [0.05, 0.1) is 0 Å². The van der Waals surface area contributed by atoms with Gasteiger partial charge in [-0.25, -0.2) is 0 Å². The van der Waals surface area contributed by atoms with Gasteiger partial charge < -0.3 is 5.73 Å².